The number of hydrogen-bond donors (Lipinski definition) is 2. The van der Waals surface area contributed by atoms with Crippen molar-refractivity contribution in [1.82, 2.24) is 10.2 Å². The van der Waals surface area contributed by atoms with Gasteiger partial charge in [0.05, 0.1) is 5.69 Å². The Morgan fingerprint density at radius 2 is 1.86 bits per heavy atom. The zero-order valence-electron chi connectivity index (χ0n) is 16.7. The third-order valence-corrected chi connectivity index (χ3v) is 5.64. The van der Waals surface area contributed by atoms with E-state index in [1.165, 1.54) is 31.5 Å². The standard InChI is InChI=1S/C23H27N3O3/c1-16-8-10-26(11-9-16)14-18-4-2-17(3-5-18)13-24-23(28)19-6-7-20-21(12-19)29-15-22(27)25-20/h2-7,12,16H,8-11,13-15H2,1H3,(H,24,28)(H,25,27). The molecule has 2 heterocycles. The number of anilines is 1. The number of nitrogens with zero attached hydrogens (tertiary/aromatic N) is 1. The van der Waals surface area contributed by atoms with Gasteiger partial charge < -0.3 is 15.4 Å². The summed E-state index contributed by atoms with van der Waals surface area (Å²) >= 11 is 0. The summed E-state index contributed by atoms with van der Waals surface area (Å²) in [4.78, 5) is 26.3. The van der Waals surface area contributed by atoms with Crippen LogP contribution in [-0.2, 0) is 17.9 Å². The van der Waals surface area contributed by atoms with Crippen LogP contribution in [0, 0.1) is 5.92 Å². The number of nitrogens with one attached hydrogen (secondary N) is 2. The largest absolute Gasteiger partial charge is 0.482 e. The van der Waals surface area contributed by atoms with Crippen molar-refractivity contribution in [1.29, 1.82) is 0 Å². The molecule has 6 heteroatoms. The maximum Gasteiger partial charge on any atom is 0.262 e. The van der Waals surface area contributed by atoms with Crippen LogP contribution < -0.4 is 15.4 Å². The fourth-order valence-electron chi connectivity index (χ4n) is 3.74. The Hall–Kier alpha value is -2.86. The molecule has 2 aliphatic rings. The lowest BCUT2D eigenvalue weighted by atomic mass is 9.99. The fourth-order valence-corrected chi connectivity index (χ4v) is 3.74. The molecule has 2 aliphatic heterocycles. The van der Waals surface area contributed by atoms with E-state index in [1.54, 1.807) is 18.2 Å². The molecule has 2 aromatic carbocycles. The second kappa shape index (κ2) is 8.66. The molecule has 0 aliphatic carbocycles. The molecule has 1 fully saturated rings. The van der Waals surface area contributed by atoms with Crippen LogP contribution in [0.4, 0.5) is 5.69 Å². The Morgan fingerprint density at radius 1 is 1.14 bits per heavy atom. The Bertz CT molecular complexity index is 887. The van der Waals surface area contributed by atoms with E-state index in [0.29, 0.717) is 23.5 Å². The van der Waals surface area contributed by atoms with Gasteiger partial charge in [0.1, 0.15) is 5.75 Å². The summed E-state index contributed by atoms with van der Waals surface area (Å²) in [5, 5.41) is 5.67. The molecule has 0 bridgehead atoms. The summed E-state index contributed by atoms with van der Waals surface area (Å²) < 4.78 is 5.37. The second-order valence-electron chi connectivity index (χ2n) is 8.01. The lowest BCUT2D eigenvalue weighted by Gasteiger charge is -2.30. The number of benzene rings is 2. The Kier molecular flexibility index (Phi) is 5.81. The quantitative estimate of drug-likeness (QED) is 0.819. The summed E-state index contributed by atoms with van der Waals surface area (Å²) in [6.07, 6.45) is 2.56. The molecule has 152 valence electrons. The van der Waals surface area contributed by atoms with E-state index in [2.05, 4.69) is 46.7 Å². The van der Waals surface area contributed by atoms with E-state index < -0.39 is 0 Å². The number of likely N-dealkylation sites (tertiary alicyclic amines) is 1. The first-order valence-electron chi connectivity index (χ1n) is 10.2. The molecule has 2 aromatic rings. The summed E-state index contributed by atoms with van der Waals surface area (Å²) in [6, 6.07) is 13.5. The highest BCUT2D eigenvalue weighted by molar-refractivity contribution is 5.98. The van der Waals surface area contributed by atoms with Crippen LogP contribution in [0.15, 0.2) is 42.5 Å². The third-order valence-electron chi connectivity index (χ3n) is 5.64. The summed E-state index contributed by atoms with van der Waals surface area (Å²) in [7, 11) is 0. The summed E-state index contributed by atoms with van der Waals surface area (Å²) in [5.74, 6) is 1.01. The topological polar surface area (TPSA) is 70.7 Å². The van der Waals surface area contributed by atoms with Gasteiger partial charge in [0.2, 0.25) is 0 Å². The predicted molar refractivity (Wildman–Crippen MR) is 112 cm³/mol. The molecule has 0 radical (unpaired) electrons. The maximum atomic E-state index is 12.5. The first-order valence-corrected chi connectivity index (χ1v) is 10.2. The molecule has 0 atom stereocenters. The van der Waals surface area contributed by atoms with E-state index in [9.17, 15) is 9.59 Å². The van der Waals surface area contributed by atoms with Crippen LogP contribution in [0.1, 0.15) is 41.3 Å². The van der Waals surface area contributed by atoms with E-state index in [0.717, 1.165) is 18.0 Å². The number of hydrogen-bond acceptors (Lipinski definition) is 4. The van der Waals surface area contributed by atoms with Crippen molar-refractivity contribution in [3.05, 3.63) is 59.2 Å². The Balaban J connectivity index is 1.30. The molecule has 0 aromatic heterocycles. The number of piperidine rings is 1. The van der Waals surface area contributed by atoms with E-state index in [1.807, 2.05) is 0 Å². The average molecular weight is 393 g/mol. The Morgan fingerprint density at radius 3 is 2.62 bits per heavy atom. The molecular formula is C23H27N3O3. The Labute approximate surface area is 171 Å². The van der Waals surface area contributed by atoms with Crippen LogP contribution >= 0.6 is 0 Å². The lowest BCUT2D eigenvalue weighted by molar-refractivity contribution is -0.118. The van der Waals surface area contributed by atoms with Crippen LogP contribution in [0.25, 0.3) is 0 Å². The van der Waals surface area contributed by atoms with Gasteiger partial charge in [-0.15, -0.1) is 0 Å². The molecule has 1 saturated heterocycles. The first-order chi connectivity index (χ1) is 14.1. The van der Waals surface area contributed by atoms with Crippen molar-refractivity contribution in [3.63, 3.8) is 0 Å². The predicted octanol–water partition coefficient (Wildman–Crippen LogP) is 3.18. The van der Waals surface area contributed by atoms with Crippen molar-refractivity contribution < 1.29 is 14.3 Å². The normalized spacial score (nSPS) is 17.2. The van der Waals surface area contributed by atoms with E-state index in [-0.39, 0.29) is 18.4 Å². The fraction of sp³-hybridized carbons (Fsp3) is 0.391. The van der Waals surface area contributed by atoms with Crippen molar-refractivity contribution in [3.8, 4) is 5.75 Å². The van der Waals surface area contributed by atoms with Crippen molar-refractivity contribution >= 4 is 17.5 Å². The van der Waals surface area contributed by atoms with Gasteiger partial charge in [0.25, 0.3) is 11.8 Å². The minimum absolute atomic E-state index is 0.0269. The van der Waals surface area contributed by atoms with Crippen LogP contribution in [0.5, 0.6) is 5.75 Å². The van der Waals surface area contributed by atoms with Gasteiger partial charge in [-0.05, 0) is 61.2 Å². The highest BCUT2D eigenvalue weighted by atomic mass is 16.5. The molecule has 0 unspecified atom stereocenters. The smallest absolute Gasteiger partial charge is 0.262 e. The highest BCUT2D eigenvalue weighted by Crippen LogP contribution is 2.28. The molecule has 6 nitrogen and oxygen atoms in total. The van der Waals surface area contributed by atoms with Gasteiger partial charge >= 0.3 is 0 Å². The van der Waals surface area contributed by atoms with Gasteiger partial charge in [0.15, 0.2) is 6.61 Å². The number of ether oxygens (including phenoxy) is 1. The highest BCUT2D eigenvalue weighted by Gasteiger charge is 2.18. The van der Waals surface area contributed by atoms with Gasteiger partial charge in [-0.3, -0.25) is 14.5 Å². The van der Waals surface area contributed by atoms with E-state index >= 15 is 0 Å². The number of amides is 2. The van der Waals surface area contributed by atoms with Crippen molar-refractivity contribution in [2.24, 2.45) is 5.92 Å². The van der Waals surface area contributed by atoms with Gasteiger partial charge in [-0.25, -0.2) is 0 Å². The summed E-state index contributed by atoms with van der Waals surface area (Å²) in [5.41, 5.74) is 3.48. The van der Waals surface area contributed by atoms with Crippen molar-refractivity contribution in [2.75, 3.05) is 25.0 Å². The van der Waals surface area contributed by atoms with E-state index in [4.69, 9.17) is 4.74 Å². The summed E-state index contributed by atoms with van der Waals surface area (Å²) in [6.45, 7) is 6.11. The van der Waals surface area contributed by atoms with Gasteiger partial charge in [-0.1, -0.05) is 31.2 Å². The number of fused-ring (bicyclic) bond motifs is 1. The zero-order chi connectivity index (χ0) is 20.2. The average Bonchev–Trinajstić information content (AvgIpc) is 2.74. The van der Waals surface area contributed by atoms with Crippen LogP contribution in [-0.4, -0.2) is 36.4 Å². The number of carbonyl (C=O) groups excluding carboxylic acids is 2. The number of carbonyl (C=O) groups is 2. The minimum atomic E-state index is -0.187. The SMILES string of the molecule is CC1CCN(Cc2ccc(CNC(=O)c3ccc4c(c3)OCC(=O)N4)cc2)CC1. The monoisotopic (exact) mass is 393 g/mol. The molecular weight excluding hydrogens is 366 g/mol. The van der Waals surface area contributed by atoms with Gasteiger partial charge in [-0.2, -0.15) is 0 Å². The maximum absolute atomic E-state index is 12.5. The minimum Gasteiger partial charge on any atom is -0.482 e. The third kappa shape index (κ3) is 4.95. The molecule has 0 saturated carbocycles. The zero-order valence-corrected chi connectivity index (χ0v) is 16.7. The molecule has 29 heavy (non-hydrogen) atoms. The van der Waals surface area contributed by atoms with Crippen LogP contribution in [0.3, 0.4) is 0 Å². The molecule has 2 amide bonds. The molecule has 0 spiro atoms. The van der Waals surface area contributed by atoms with Crippen LogP contribution in [0.2, 0.25) is 0 Å². The van der Waals surface area contributed by atoms with Gasteiger partial charge in [0, 0.05) is 18.7 Å². The second-order valence-corrected chi connectivity index (χ2v) is 8.01. The first kappa shape index (κ1) is 19.5. The number of rotatable bonds is 5. The lowest BCUT2D eigenvalue weighted by Crippen LogP contribution is -2.32. The van der Waals surface area contributed by atoms with Crippen molar-refractivity contribution in [2.45, 2.75) is 32.9 Å². The molecule has 4 rings (SSSR count). The molecule has 2 N–H and O–H groups in total.